The summed E-state index contributed by atoms with van der Waals surface area (Å²) in [6.07, 6.45) is 2.24. The van der Waals surface area contributed by atoms with Gasteiger partial charge in [0.05, 0.1) is 11.8 Å². The molecule has 11 nitrogen and oxygen atoms in total. The highest BCUT2D eigenvalue weighted by molar-refractivity contribution is 7.79. The number of nitrogens with zero attached hydrogens (tertiary/aromatic N) is 6. The SMILES string of the molecule is N=C(C=NS)C(=O)N1CCC[C@@H](c2nc(-c3ccc(C(=O)Nc4cc(C(F)(F)F)ccn4)cc3)c3c(N)nccn23)C1. The predicted octanol–water partition coefficient (Wildman–Crippen LogP) is 4.29. The fourth-order valence-corrected chi connectivity index (χ4v) is 4.99. The number of alkyl halides is 3. The average molecular weight is 596 g/mol. The maximum atomic E-state index is 13.0. The number of imidazole rings is 1. The number of nitrogens with two attached hydrogens (primary N) is 1. The Kier molecular flexibility index (Phi) is 7.93. The number of halogens is 3. The van der Waals surface area contributed by atoms with Crippen LogP contribution in [-0.2, 0) is 11.0 Å². The van der Waals surface area contributed by atoms with Gasteiger partial charge in [0.1, 0.15) is 34.4 Å². The van der Waals surface area contributed by atoms with Crippen molar-refractivity contribution in [1.29, 1.82) is 5.41 Å². The minimum absolute atomic E-state index is 0.156. The van der Waals surface area contributed by atoms with Crippen LogP contribution in [0.3, 0.4) is 0 Å². The first kappa shape index (κ1) is 28.7. The molecule has 4 N–H and O–H groups in total. The number of hydrogen-bond acceptors (Lipinski definition) is 9. The molecule has 4 aromatic rings. The van der Waals surface area contributed by atoms with Crippen LogP contribution >= 0.6 is 12.8 Å². The van der Waals surface area contributed by atoms with Gasteiger partial charge in [0.2, 0.25) is 0 Å². The van der Waals surface area contributed by atoms with Gasteiger partial charge >= 0.3 is 6.18 Å². The number of nitrogen functional groups attached to an aromatic ring is 1. The molecule has 1 atom stereocenters. The Balaban J connectivity index is 1.41. The molecule has 2 amide bonds. The number of piperidine rings is 1. The van der Waals surface area contributed by atoms with Crippen LogP contribution in [0.5, 0.6) is 0 Å². The fourth-order valence-electron chi connectivity index (χ4n) is 4.88. The monoisotopic (exact) mass is 595 g/mol. The Morgan fingerprint density at radius 2 is 1.93 bits per heavy atom. The topological polar surface area (TPSA) is 155 Å². The average Bonchev–Trinajstić information content (AvgIpc) is 3.38. The molecule has 1 fully saturated rings. The lowest BCUT2D eigenvalue weighted by Crippen LogP contribution is -2.43. The molecule has 0 bridgehead atoms. The minimum Gasteiger partial charge on any atom is -0.382 e. The number of pyridine rings is 1. The first-order valence-corrected chi connectivity index (χ1v) is 13.1. The predicted molar refractivity (Wildman–Crippen MR) is 154 cm³/mol. The zero-order valence-corrected chi connectivity index (χ0v) is 22.7. The van der Waals surface area contributed by atoms with Crippen LogP contribution in [-0.4, -0.2) is 61.1 Å². The lowest BCUT2D eigenvalue weighted by atomic mass is 9.97. The fraction of sp³-hybridized carbons (Fsp3) is 0.222. The summed E-state index contributed by atoms with van der Waals surface area (Å²) in [5.41, 5.74) is 6.96. The molecule has 216 valence electrons. The van der Waals surface area contributed by atoms with Gasteiger partial charge < -0.3 is 16.0 Å². The molecule has 4 heterocycles. The maximum absolute atomic E-state index is 13.0. The number of amides is 2. The van der Waals surface area contributed by atoms with E-state index in [-0.39, 0.29) is 28.8 Å². The number of nitrogens with one attached hydrogen (secondary N) is 2. The Labute approximate surface area is 242 Å². The maximum Gasteiger partial charge on any atom is 0.416 e. The first-order valence-electron chi connectivity index (χ1n) is 12.7. The Morgan fingerprint density at radius 3 is 2.64 bits per heavy atom. The second-order valence-corrected chi connectivity index (χ2v) is 9.79. The number of fused-ring (bicyclic) bond motifs is 1. The number of carbonyl (C=O) groups is 2. The number of anilines is 2. The molecule has 5 rings (SSSR count). The van der Waals surface area contributed by atoms with E-state index in [0.717, 1.165) is 31.0 Å². The van der Waals surface area contributed by atoms with Gasteiger partial charge in [0, 0.05) is 48.7 Å². The van der Waals surface area contributed by atoms with Crippen molar-refractivity contribution in [2.24, 2.45) is 4.40 Å². The van der Waals surface area contributed by atoms with E-state index in [4.69, 9.17) is 16.1 Å². The molecule has 0 aliphatic carbocycles. The highest BCUT2D eigenvalue weighted by Crippen LogP contribution is 2.34. The molecular formula is C27H24F3N9O2S. The summed E-state index contributed by atoms with van der Waals surface area (Å²) in [6.45, 7) is 0.836. The van der Waals surface area contributed by atoms with Crippen LogP contribution in [0.2, 0.25) is 0 Å². The van der Waals surface area contributed by atoms with Crippen molar-refractivity contribution in [3.05, 3.63) is 71.9 Å². The largest absolute Gasteiger partial charge is 0.416 e. The van der Waals surface area contributed by atoms with Gasteiger partial charge in [-0.25, -0.2) is 19.3 Å². The molecule has 42 heavy (non-hydrogen) atoms. The molecule has 1 aliphatic rings. The van der Waals surface area contributed by atoms with Gasteiger partial charge in [-0.2, -0.15) is 13.2 Å². The smallest absolute Gasteiger partial charge is 0.382 e. The van der Waals surface area contributed by atoms with Gasteiger partial charge in [0.25, 0.3) is 11.8 Å². The normalized spacial score (nSPS) is 15.7. The van der Waals surface area contributed by atoms with Crippen molar-refractivity contribution in [2.45, 2.75) is 24.9 Å². The van der Waals surface area contributed by atoms with E-state index in [1.165, 1.54) is 12.1 Å². The van der Waals surface area contributed by atoms with Crippen LogP contribution in [0.25, 0.3) is 16.8 Å². The van der Waals surface area contributed by atoms with Crippen LogP contribution in [0.15, 0.2) is 59.4 Å². The Bertz CT molecular complexity index is 1700. The van der Waals surface area contributed by atoms with E-state index in [1.54, 1.807) is 29.4 Å². The number of hydrogen-bond donors (Lipinski definition) is 4. The molecule has 15 heteroatoms. The van der Waals surface area contributed by atoms with Crippen molar-refractivity contribution in [2.75, 3.05) is 24.1 Å². The van der Waals surface area contributed by atoms with E-state index in [2.05, 4.69) is 32.5 Å². The van der Waals surface area contributed by atoms with Crippen molar-refractivity contribution in [3.8, 4) is 11.3 Å². The number of thiol groups is 1. The minimum atomic E-state index is -4.57. The van der Waals surface area contributed by atoms with E-state index in [0.29, 0.717) is 42.1 Å². The summed E-state index contributed by atoms with van der Waals surface area (Å²) in [5, 5.41) is 10.3. The second kappa shape index (κ2) is 11.6. The van der Waals surface area contributed by atoms with Gasteiger partial charge in [-0.3, -0.25) is 19.4 Å². The molecular weight excluding hydrogens is 571 g/mol. The van der Waals surface area contributed by atoms with E-state index in [1.807, 2.05) is 4.40 Å². The molecule has 0 radical (unpaired) electrons. The Morgan fingerprint density at radius 1 is 1.17 bits per heavy atom. The standard InChI is InChI=1S/C27H24F3N9O2S/c28-27(29,30)18-7-8-33-20(12-18)36-25(40)16-5-3-15(4-6-16)21-22-23(32)34-9-11-39(22)24(37-21)17-2-1-10-38(14-17)26(41)19(31)13-35-42/h3-9,11-13,17,31,42H,1-2,10,14H2,(H2,32,34)(H,33,36,40)/t17-/m1/s1. The highest BCUT2D eigenvalue weighted by Gasteiger charge is 2.32. The lowest BCUT2D eigenvalue weighted by molar-refractivity contribution is -0.137. The third kappa shape index (κ3) is 5.81. The van der Waals surface area contributed by atoms with Crippen LogP contribution in [0.1, 0.15) is 40.5 Å². The van der Waals surface area contributed by atoms with E-state index < -0.39 is 23.6 Å². The van der Waals surface area contributed by atoms with Gasteiger partial charge in [-0.1, -0.05) is 12.1 Å². The van der Waals surface area contributed by atoms with Crippen molar-refractivity contribution in [3.63, 3.8) is 0 Å². The molecule has 1 aromatic carbocycles. The van der Waals surface area contributed by atoms with Crippen LogP contribution in [0, 0.1) is 5.41 Å². The zero-order chi connectivity index (χ0) is 30.0. The summed E-state index contributed by atoms with van der Waals surface area (Å²) in [7, 11) is 0. The summed E-state index contributed by atoms with van der Waals surface area (Å²) in [6, 6.07) is 7.93. The molecule has 3 aromatic heterocycles. The third-order valence-corrected chi connectivity index (χ3v) is 6.97. The second-order valence-electron chi connectivity index (χ2n) is 9.56. The van der Waals surface area contributed by atoms with E-state index in [9.17, 15) is 22.8 Å². The number of likely N-dealkylation sites (tertiary alicyclic amines) is 1. The number of rotatable bonds is 6. The number of benzene rings is 1. The van der Waals surface area contributed by atoms with Gasteiger partial charge in [-0.05, 0) is 49.9 Å². The number of aromatic nitrogens is 4. The third-order valence-electron chi connectivity index (χ3n) is 6.85. The van der Waals surface area contributed by atoms with E-state index >= 15 is 0 Å². The van der Waals surface area contributed by atoms with Crippen LogP contribution < -0.4 is 11.1 Å². The lowest BCUT2D eigenvalue weighted by Gasteiger charge is -2.32. The van der Waals surface area contributed by atoms with Crippen molar-refractivity contribution in [1.82, 2.24) is 24.3 Å². The van der Waals surface area contributed by atoms with Crippen molar-refractivity contribution < 1.29 is 22.8 Å². The summed E-state index contributed by atoms with van der Waals surface area (Å²) < 4.78 is 44.3. The zero-order valence-electron chi connectivity index (χ0n) is 21.8. The molecule has 0 unspecified atom stereocenters. The molecule has 1 saturated heterocycles. The summed E-state index contributed by atoms with van der Waals surface area (Å²) in [4.78, 5) is 39.9. The quantitative estimate of drug-likeness (QED) is 0.193. The van der Waals surface area contributed by atoms with Crippen molar-refractivity contribution >= 4 is 53.7 Å². The summed E-state index contributed by atoms with van der Waals surface area (Å²) >= 11 is 3.70. The highest BCUT2D eigenvalue weighted by atomic mass is 32.1. The van der Waals surface area contributed by atoms with Gasteiger partial charge in [-0.15, -0.1) is 0 Å². The number of carbonyl (C=O) groups excluding carboxylic acids is 2. The molecule has 0 saturated carbocycles. The first-order chi connectivity index (χ1) is 20.1. The summed E-state index contributed by atoms with van der Waals surface area (Å²) in [5.74, 6) is -0.566. The van der Waals surface area contributed by atoms with Gasteiger partial charge in [0.15, 0.2) is 0 Å². The molecule has 0 spiro atoms. The molecule has 1 aliphatic heterocycles. The Hall–Kier alpha value is -4.79. The van der Waals surface area contributed by atoms with Crippen LogP contribution in [0.4, 0.5) is 24.8 Å².